The first-order valence-electron chi connectivity index (χ1n) is 11.6. The molecule has 1 atom stereocenters. The van der Waals surface area contributed by atoms with Crippen LogP contribution in [0.1, 0.15) is 51.8 Å². The normalized spacial score (nSPS) is 11.9. The van der Waals surface area contributed by atoms with E-state index in [0.29, 0.717) is 11.5 Å². The smallest absolute Gasteiger partial charge is 0.0991 e. The molecule has 0 bridgehead atoms. The van der Waals surface area contributed by atoms with Gasteiger partial charge < -0.3 is 0 Å². The Bertz CT molecular complexity index is 1210. The number of benzene rings is 4. The molecule has 0 heterocycles. The molecule has 4 rings (SSSR count). The van der Waals surface area contributed by atoms with E-state index in [4.69, 9.17) is 5.26 Å². The predicted octanol–water partition coefficient (Wildman–Crippen LogP) is 7.86. The van der Waals surface area contributed by atoms with E-state index in [2.05, 4.69) is 104 Å². The molecule has 4 aromatic rings. The molecule has 0 saturated carbocycles. The minimum atomic E-state index is 0.517. The fourth-order valence-corrected chi connectivity index (χ4v) is 4.04. The van der Waals surface area contributed by atoms with E-state index in [9.17, 15) is 0 Å². The Morgan fingerprint density at radius 3 is 1.64 bits per heavy atom. The standard InChI is InChI=1S/C32H29N/c1-25(32-5-3-2-4-6-32)23-30-19-15-28(16-20-30)13-11-26-7-9-27(10-8-26)12-14-29-17-21-31(24-33)22-18-29/h2-11,13,15-22,25H,12,14,23H2,1H3/t25-/m0/s1. The molecule has 0 amide bonds. The van der Waals surface area contributed by atoms with Gasteiger partial charge in [0.1, 0.15) is 0 Å². The van der Waals surface area contributed by atoms with E-state index in [1.165, 1.54) is 33.4 Å². The van der Waals surface area contributed by atoms with Gasteiger partial charge in [-0.15, -0.1) is 0 Å². The van der Waals surface area contributed by atoms with Crippen molar-refractivity contribution in [2.75, 3.05) is 0 Å². The van der Waals surface area contributed by atoms with Gasteiger partial charge in [-0.05, 0) is 70.7 Å². The molecule has 0 aliphatic heterocycles. The van der Waals surface area contributed by atoms with Gasteiger partial charge in [-0.1, -0.05) is 110 Å². The Labute approximate surface area is 197 Å². The summed E-state index contributed by atoms with van der Waals surface area (Å²) in [5, 5.41) is 8.91. The highest BCUT2D eigenvalue weighted by molar-refractivity contribution is 5.69. The average molecular weight is 428 g/mol. The Morgan fingerprint density at radius 2 is 1.12 bits per heavy atom. The summed E-state index contributed by atoms with van der Waals surface area (Å²) >= 11 is 0. The molecule has 0 fully saturated rings. The molecule has 0 aromatic heterocycles. The van der Waals surface area contributed by atoms with Crippen LogP contribution in [-0.2, 0) is 19.3 Å². The Hall–Kier alpha value is -3.89. The van der Waals surface area contributed by atoms with E-state index in [1.807, 2.05) is 24.3 Å². The highest BCUT2D eigenvalue weighted by Crippen LogP contribution is 2.21. The molecule has 0 unspecified atom stereocenters. The lowest BCUT2D eigenvalue weighted by molar-refractivity contribution is 0.759. The third kappa shape index (κ3) is 6.55. The summed E-state index contributed by atoms with van der Waals surface area (Å²) in [6.07, 6.45) is 7.38. The summed E-state index contributed by atoms with van der Waals surface area (Å²) in [6.45, 7) is 2.29. The zero-order valence-electron chi connectivity index (χ0n) is 19.1. The molecule has 0 aliphatic rings. The van der Waals surface area contributed by atoms with Crippen LogP contribution in [0.3, 0.4) is 0 Å². The number of nitrogens with zero attached hydrogens (tertiary/aromatic N) is 1. The summed E-state index contributed by atoms with van der Waals surface area (Å²) < 4.78 is 0. The quantitative estimate of drug-likeness (QED) is 0.263. The van der Waals surface area contributed by atoms with Crippen molar-refractivity contribution in [3.63, 3.8) is 0 Å². The molecule has 1 heteroatoms. The molecule has 33 heavy (non-hydrogen) atoms. The van der Waals surface area contributed by atoms with E-state index in [-0.39, 0.29) is 0 Å². The van der Waals surface area contributed by atoms with E-state index < -0.39 is 0 Å². The van der Waals surface area contributed by atoms with E-state index >= 15 is 0 Å². The topological polar surface area (TPSA) is 23.8 Å². The van der Waals surface area contributed by atoms with Crippen LogP contribution in [0.15, 0.2) is 103 Å². The molecule has 4 aromatic carbocycles. The SMILES string of the molecule is C[C@@H](Cc1ccc(C=Cc2ccc(CCc3ccc(C#N)cc3)cc2)cc1)c1ccccc1. The van der Waals surface area contributed by atoms with Gasteiger partial charge in [-0.2, -0.15) is 5.26 Å². The maximum Gasteiger partial charge on any atom is 0.0991 e. The van der Waals surface area contributed by atoms with Crippen molar-refractivity contribution in [1.29, 1.82) is 5.26 Å². The summed E-state index contributed by atoms with van der Waals surface area (Å²) in [7, 11) is 0. The van der Waals surface area contributed by atoms with Crippen molar-refractivity contribution in [3.05, 3.63) is 142 Å². The van der Waals surface area contributed by atoms with Crippen molar-refractivity contribution in [1.82, 2.24) is 0 Å². The summed E-state index contributed by atoms with van der Waals surface area (Å²) in [5.41, 5.74) is 8.49. The van der Waals surface area contributed by atoms with Crippen LogP contribution in [0, 0.1) is 11.3 Å². The number of aryl methyl sites for hydroxylation is 2. The van der Waals surface area contributed by atoms with Crippen LogP contribution in [0.2, 0.25) is 0 Å². The first-order valence-corrected chi connectivity index (χ1v) is 11.6. The minimum absolute atomic E-state index is 0.517. The molecular formula is C32H29N. The first-order chi connectivity index (χ1) is 16.2. The number of nitriles is 1. The van der Waals surface area contributed by atoms with Gasteiger partial charge in [0.25, 0.3) is 0 Å². The maximum atomic E-state index is 8.91. The van der Waals surface area contributed by atoms with Crippen molar-refractivity contribution in [2.45, 2.75) is 32.1 Å². The lowest BCUT2D eigenvalue weighted by Crippen LogP contribution is -1.98. The lowest BCUT2D eigenvalue weighted by atomic mass is 9.93. The third-order valence-electron chi connectivity index (χ3n) is 6.12. The maximum absolute atomic E-state index is 8.91. The molecule has 0 spiro atoms. The fraction of sp³-hybridized carbons (Fsp3) is 0.156. The second-order valence-electron chi connectivity index (χ2n) is 8.64. The van der Waals surface area contributed by atoms with Crippen LogP contribution in [-0.4, -0.2) is 0 Å². The molecule has 1 nitrogen and oxygen atoms in total. The van der Waals surface area contributed by atoms with Crippen LogP contribution in [0.5, 0.6) is 0 Å². The first kappa shape index (κ1) is 22.3. The van der Waals surface area contributed by atoms with Crippen LogP contribution >= 0.6 is 0 Å². The fourth-order valence-electron chi connectivity index (χ4n) is 4.04. The highest BCUT2D eigenvalue weighted by Gasteiger charge is 2.06. The van der Waals surface area contributed by atoms with Crippen molar-refractivity contribution >= 4 is 12.2 Å². The zero-order chi connectivity index (χ0) is 22.9. The van der Waals surface area contributed by atoms with Crippen LogP contribution < -0.4 is 0 Å². The summed E-state index contributed by atoms with van der Waals surface area (Å²) in [5.74, 6) is 0.517. The third-order valence-corrected chi connectivity index (χ3v) is 6.12. The average Bonchev–Trinajstić information content (AvgIpc) is 2.88. The Balaban J connectivity index is 1.29. The summed E-state index contributed by atoms with van der Waals surface area (Å²) in [6, 6.07) is 38.4. The van der Waals surface area contributed by atoms with Gasteiger partial charge >= 0.3 is 0 Å². The van der Waals surface area contributed by atoms with Crippen LogP contribution in [0.4, 0.5) is 0 Å². The second kappa shape index (κ2) is 11.1. The molecule has 0 saturated heterocycles. The van der Waals surface area contributed by atoms with Crippen LogP contribution in [0.25, 0.3) is 12.2 Å². The number of hydrogen-bond donors (Lipinski definition) is 0. The second-order valence-corrected chi connectivity index (χ2v) is 8.64. The van der Waals surface area contributed by atoms with E-state index in [1.54, 1.807) is 0 Å². The number of rotatable bonds is 8. The molecular weight excluding hydrogens is 398 g/mol. The van der Waals surface area contributed by atoms with E-state index in [0.717, 1.165) is 19.3 Å². The zero-order valence-corrected chi connectivity index (χ0v) is 19.1. The highest BCUT2D eigenvalue weighted by atomic mass is 14.2. The monoisotopic (exact) mass is 427 g/mol. The summed E-state index contributed by atoms with van der Waals surface area (Å²) in [4.78, 5) is 0. The van der Waals surface area contributed by atoms with Gasteiger partial charge in [0, 0.05) is 0 Å². The van der Waals surface area contributed by atoms with Gasteiger partial charge in [0.2, 0.25) is 0 Å². The molecule has 0 N–H and O–H groups in total. The number of hydrogen-bond acceptors (Lipinski definition) is 1. The molecule has 162 valence electrons. The van der Waals surface area contributed by atoms with Crippen molar-refractivity contribution < 1.29 is 0 Å². The lowest BCUT2D eigenvalue weighted by Gasteiger charge is -2.12. The van der Waals surface area contributed by atoms with Crippen molar-refractivity contribution in [3.8, 4) is 6.07 Å². The molecule has 0 radical (unpaired) electrons. The van der Waals surface area contributed by atoms with Gasteiger partial charge in [-0.25, -0.2) is 0 Å². The largest absolute Gasteiger partial charge is 0.192 e. The van der Waals surface area contributed by atoms with Gasteiger partial charge in [0.15, 0.2) is 0 Å². The minimum Gasteiger partial charge on any atom is -0.192 e. The van der Waals surface area contributed by atoms with Gasteiger partial charge in [-0.3, -0.25) is 0 Å². The Kier molecular flexibility index (Phi) is 7.52. The molecule has 0 aliphatic carbocycles. The van der Waals surface area contributed by atoms with Crippen molar-refractivity contribution in [2.24, 2.45) is 0 Å². The van der Waals surface area contributed by atoms with Gasteiger partial charge in [0.05, 0.1) is 11.6 Å². The predicted molar refractivity (Wildman–Crippen MR) is 139 cm³/mol. The Morgan fingerprint density at radius 1 is 0.636 bits per heavy atom.